The second-order valence-electron chi connectivity index (χ2n) is 6.13. The highest BCUT2D eigenvalue weighted by atomic mass is 16.3. The first-order valence-corrected chi connectivity index (χ1v) is 7.71. The van der Waals surface area contributed by atoms with Crippen LogP contribution in [0.2, 0.25) is 0 Å². The first kappa shape index (κ1) is 14.8. The monoisotopic (exact) mass is 302 g/mol. The zero-order valence-electron chi connectivity index (χ0n) is 13.1. The van der Waals surface area contributed by atoms with Crippen LogP contribution in [0, 0.1) is 5.92 Å². The predicted octanol–water partition coefficient (Wildman–Crippen LogP) is 1.88. The van der Waals surface area contributed by atoms with Gasteiger partial charge in [0.25, 0.3) is 5.91 Å². The molecule has 2 aromatic rings. The largest absolute Gasteiger partial charge is 0.467 e. The first-order valence-electron chi connectivity index (χ1n) is 7.71. The molecule has 22 heavy (non-hydrogen) atoms. The average molecular weight is 302 g/mol. The van der Waals surface area contributed by atoms with E-state index in [2.05, 4.69) is 33.6 Å². The molecule has 0 saturated heterocycles. The van der Waals surface area contributed by atoms with Crippen LogP contribution in [0.1, 0.15) is 35.9 Å². The van der Waals surface area contributed by atoms with Gasteiger partial charge in [-0.3, -0.25) is 9.69 Å². The molecule has 0 atom stereocenters. The van der Waals surface area contributed by atoms with E-state index in [1.54, 1.807) is 12.3 Å². The van der Waals surface area contributed by atoms with Crippen LogP contribution in [0.25, 0.3) is 0 Å². The fourth-order valence-corrected chi connectivity index (χ4v) is 2.76. The Morgan fingerprint density at radius 1 is 1.45 bits per heavy atom. The van der Waals surface area contributed by atoms with Crippen molar-refractivity contribution >= 4 is 5.91 Å². The summed E-state index contributed by atoms with van der Waals surface area (Å²) in [6.07, 6.45) is 3.44. The molecule has 1 aliphatic rings. The molecule has 118 valence electrons. The van der Waals surface area contributed by atoms with E-state index in [4.69, 9.17) is 4.42 Å². The van der Waals surface area contributed by atoms with E-state index >= 15 is 0 Å². The molecule has 0 bridgehead atoms. The van der Waals surface area contributed by atoms with Gasteiger partial charge in [-0.05, 0) is 18.1 Å². The lowest BCUT2D eigenvalue weighted by molar-refractivity contribution is 0.0943. The Bertz CT molecular complexity index is 631. The Labute approximate surface area is 130 Å². The van der Waals surface area contributed by atoms with E-state index in [9.17, 15) is 4.79 Å². The average Bonchev–Trinajstić information content (AvgIpc) is 3.12. The maximum Gasteiger partial charge on any atom is 0.271 e. The Balaban J connectivity index is 1.62. The van der Waals surface area contributed by atoms with Crippen molar-refractivity contribution in [2.45, 2.75) is 33.5 Å². The third-order valence-corrected chi connectivity index (χ3v) is 3.74. The lowest BCUT2D eigenvalue weighted by Crippen LogP contribution is -2.35. The molecular formula is C16H22N4O2. The van der Waals surface area contributed by atoms with E-state index < -0.39 is 0 Å². The summed E-state index contributed by atoms with van der Waals surface area (Å²) in [5.41, 5.74) is 0.480. The molecule has 2 aromatic heterocycles. The van der Waals surface area contributed by atoms with Crippen LogP contribution >= 0.6 is 0 Å². The van der Waals surface area contributed by atoms with Crippen molar-refractivity contribution in [3.05, 3.63) is 41.9 Å². The van der Waals surface area contributed by atoms with E-state index in [1.807, 2.05) is 12.3 Å². The molecule has 0 saturated carbocycles. The normalized spacial score (nSPS) is 15.0. The van der Waals surface area contributed by atoms with Crippen molar-refractivity contribution < 1.29 is 9.21 Å². The number of amides is 1. The van der Waals surface area contributed by atoms with Crippen LogP contribution < -0.4 is 5.32 Å². The number of hydrogen-bond acceptors (Lipinski definition) is 4. The molecule has 0 radical (unpaired) electrons. The summed E-state index contributed by atoms with van der Waals surface area (Å²) in [5, 5.41) is 2.83. The summed E-state index contributed by atoms with van der Waals surface area (Å²) in [4.78, 5) is 19.0. The van der Waals surface area contributed by atoms with Gasteiger partial charge in [-0.15, -0.1) is 0 Å². The number of hydrogen-bond donors (Lipinski definition) is 1. The van der Waals surface area contributed by atoms with Crippen LogP contribution in [0.15, 0.2) is 29.0 Å². The summed E-state index contributed by atoms with van der Waals surface area (Å²) in [7, 11) is 0. The van der Waals surface area contributed by atoms with Gasteiger partial charge in [0.1, 0.15) is 17.3 Å². The minimum atomic E-state index is -0.159. The number of fused-ring (bicyclic) bond motifs is 1. The summed E-state index contributed by atoms with van der Waals surface area (Å²) in [5.74, 6) is 2.18. The maximum absolute atomic E-state index is 12.2. The van der Waals surface area contributed by atoms with Crippen molar-refractivity contribution in [3.63, 3.8) is 0 Å². The Kier molecular flexibility index (Phi) is 4.29. The SMILES string of the molecule is CC(C)CN1CCn2cc(C(=O)NCc3ccco3)nc2C1. The number of nitrogens with one attached hydrogen (secondary N) is 1. The standard InChI is InChI=1S/C16H22N4O2/c1-12(2)9-19-5-6-20-10-14(18-15(20)11-19)16(21)17-8-13-4-3-7-22-13/h3-4,7,10,12H,5-6,8-9,11H2,1-2H3,(H,17,21). The molecule has 0 aliphatic carbocycles. The first-order chi connectivity index (χ1) is 10.6. The molecule has 6 heteroatoms. The Morgan fingerprint density at radius 2 is 2.32 bits per heavy atom. The summed E-state index contributed by atoms with van der Waals surface area (Å²) >= 11 is 0. The minimum absolute atomic E-state index is 0.159. The lowest BCUT2D eigenvalue weighted by atomic mass is 10.2. The van der Waals surface area contributed by atoms with Crippen LogP contribution in [0.3, 0.4) is 0 Å². The maximum atomic E-state index is 12.2. The van der Waals surface area contributed by atoms with Crippen molar-refractivity contribution in [2.24, 2.45) is 5.92 Å². The van der Waals surface area contributed by atoms with Gasteiger partial charge in [0.15, 0.2) is 0 Å². The number of rotatable bonds is 5. The lowest BCUT2D eigenvalue weighted by Gasteiger charge is -2.28. The summed E-state index contributed by atoms with van der Waals surface area (Å²) < 4.78 is 7.29. The zero-order chi connectivity index (χ0) is 15.5. The number of aromatic nitrogens is 2. The van der Waals surface area contributed by atoms with E-state index in [0.717, 1.165) is 37.8 Å². The minimum Gasteiger partial charge on any atom is -0.467 e. The van der Waals surface area contributed by atoms with Gasteiger partial charge in [-0.25, -0.2) is 4.98 Å². The predicted molar refractivity (Wildman–Crippen MR) is 82.2 cm³/mol. The van der Waals surface area contributed by atoms with Gasteiger partial charge < -0.3 is 14.3 Å². The number of carbonyl (C=O) groups is 1. The molecule has 6 nitrogen and oxygen atoms in total. The summed E-state index contributed by atoms with van der Waals surface area (Å²) in [6, 6.07) is 3.64. The molecule has 1 aliphatic heterocycles. The van der Waals surface area contributed by atoms with Crippen LogP contribution in [-0.4, -0.2) is 33.4 Å². The quantitative estimate of drug-likeness (QED) is 0.916. The molecule has 0 aromatic carbocycles. The summed E-state index contributed by atoms with van der Waals surface area (Å²) in [6.45, 7) is 8.59. The van der Waals surface area contributed by atoms with Crippen molar-refractivity contribution in [3.8, 4) is 0 Å². The van der Waals surface area contributed by atoms with Gasteiger partial charge in [-0.1, -0.05) is 13.8 Å². The van der Waals surface area contributed by atoms with Gasteiger partial charge in [-0.2, -0.15) is 0 Å². The van der Waals surface area contributed by atoms with Gasteiger partial charge in [0.2, 0.25) is 0 Å². The number of nitrogens with zero attached hydrogens (tertiary/aromatic N) is 3. The smallest absolute Gasteiger partial charge is 0.271 e. The molecule has 3 rings (SSSR count). The molecule has 1 amide bonds. The van der Waals surface area contributed by atoms with E-state index in [1.165, 1.54) is 0 Å². The van der Waals surface area contributed by atoms with Crippen molar-refractivity contribution in [1.29, 1.82) is 0 Å². The van der Waals surface area contributed by atoms with Gasteiger partial charge in [0, 0.05) is 25.8 Å². The number of imidazole rings is 1. The zero-order valence-corrected chi connectivity index (χ0v) is 13.1. The third-order valence-electron chi connectivity index (χ3n) is 3.74. The second kappa shape index (κ2) is 6.36. The fraction of sp³-hybridized carbons (Fsp3) is 0.500. The fourth-order valence-electron chi connectivity index (χ4n) is 2.76. The third kappa shape index (κ3) is 3.39. The molecular weight excluding hydrogens is 280 g/mol. The van der Waals surface area contributed by atoms with Crippen LogP contribution in [0.4, 0.5) is 0 Å². The number of carbonyl (C=O) groups excluding carboxylic acids is 1. The highest BCUT2D eigenvalue weighted by molar-refractivity contribution is 5.92. The topological polar surface area (TPSA) is 63.3 Å². The molecule has 1 N–H and O–H groups in total. The number of furan rings is 1. The Hall–Kier alpha value is -2.08. The second-order valence-corrected chi connectivity index (χ2v) is 6.13. The van der Waals surface area contributed by atoms with Crippen molar-refractivity contribution in [2.75, 3.05) is 13.1 Å². The van der Waals surface area contributed by atoms with Crippen LogP contribution in [0.5, 0.6) is 0 Å². The highest BCUT2D eigenvalue weighted by Gasteiger charge is 2.21. The van der Waals surface area contributed by atoms with Crippen LogP contribution in [-0.2, 0) is 19.6 Å². The molecule has 0 unspecified atom stereocenters. The van der Waals surface area contributed by atoms with Gasteiger partial charge >= 0.3 is 0 Å². The molecule has 0 spiro atoms. The van der Waals surface area contributed by atoms with Gasteiger partial charge in [0.05, 0.1) is 19.4 Å². The molecule has 3 heterocycles. The van der Waals surface area contributed by atoms with E-state index in [0.29, 0.717) is 18.2 Å². The van der Waals surface area contributed by atoms with E-state index in [-0.39, 0.29) is 5.91 Å². The molecule has 0 fully saturated rings. The highest BCUT2D eigenvalue weighted by Crippen LogP contribution is 2.14. The van der Waals surface area contributed by atoms with Crippen molar-refractivity contribution in [1.82, 2.24) is 19.8 Å². The Morgan fingerprint density at radius 3 is 3.05 bits per heavy atom.